The molecule has 178 valence electrons. The van der Waals surface area contributed by atoms with Crippen LogP contribution in [0.25, 0.3) is 0 Å². The SMILES string of the molecule is Cc1ccc(NC(=O)CN2CCN(Cc3ccccc3)CC2)cc1S(=O)(=O)N1CCCCC1. The van der Waals surface area contributed by atoms with Crippen molar-refractivity contribution >= 4 is 21.6 Å². The van der Waals surface area contributed by atoms with E-state index in [1.807, 2.05) is 6.07 Å². The van der Waals surface area contributed by atoms with Gasteiger partial charge < -0.3 is 5.32 Å². The Balaban J connectivity index is 1.31. The number of nitrogens with one attached hydrogen (secondary N) is 1. The van der Waals surface area contributed by atoms with Gasteiger partial charge in [0, 0.05) is 51.5 Å². The number of amides is 1. The van der Waals surface area contributed by atoms with Gasteiger partial charge >= 0.3 is 0 Å². The summed E-state index contributed by atoms with van der Waals surface area (Å²) < 4.78 is 27.8. The molecule has 0 aromatic heterocycles. The van der Waals surface area contributed by atoms with Gasteiger partial charge in [0.05, 0.1) is 11.4 Å². The van der Waals surface area contributed by atoms with E-state index in [1.165, 1.54) is 5.56 Å². The summed E-state index contributed by atoms with van der Waals surface area (Å²) in [4.78, 5) is 17.5. The smallest absolute Gasteiger partial charge is 0.243 e. The molecule has 2 saturated heterocycles. The molecule has 2 heterocycles. The molecule has 1 amide bonds. The fourth-order valence-corrected chi connectivity index (χ4v) is 6.32. The third-order valence-corrected chi connectivity index (χ3v) is 8.53. The standard InChI is InChI=1S/C25H34N4O3S/c1-21-10-11-23(18-24(21)33(31,32)29-12-6-3-7-13-29)26-25(30)20-28-16-14-27(15-17-28)19-22-8-4-2-5-9-22/h2,4-5,8-11,18H,3,6-7,12-17,19-20H2,1H3,(H,26,30). The minimum absolute atomic E-state index is 0.114. The quantitative estimate of drug-likeness (QED) is 0.674. The van der Waals surface area contributed by atoms with Crippen molar-refractivity contribution in [3.8, 4) is 0 Å². The number of sulfonamides is 1. The number of nitrogens with zero attached hydrogens (tertiary/aromatic N) is 3. The second kappa shape index (κ2) is 10.8. The summed E-state index contributed by atoms with van der Waals surface area (Å²) >= 11 is 0. The average Bonchev–Trinajstić information content (AvgIpc) is 2.83. The number of aryl methyl sites for hydroxylation is 1. The zero-order chi connectivity index (χ0) is 23.3. The van der Waals surface area contributed by atoms with Crippen LogP contribution in [0.3, 0.4) is 0 Å². The molecule has 0 radical (unpaired) electrons. The number of piperidine rings is 1. The minimum atomic E-state index is -3.54. The number of carbonyl (C=O) groups is 1. The maximum absolute atomic E-state index is 13.1. The van der Waals surface area contributed by atoms with Crippen LogP contribution >= 0.6 is 0 Å². The zero-order valence-electron chi connectivity index (χ0n) is 19.4. The molecule has 0 atom stereocenters. The first-order chi connectivity index (χ1) is 15.9. The topological polar surface area (TPSA) is 73.0 Å². The lowest BCUT2D eigenvalue weighted by atomic mass is 10.2. The maximum Gasteiger partial charge on any atom is 0.243 e. The lowest BCUT2D eigenvalue weighted by Crippen LogP contribution is -2.48. The van der Waals surface area contributed by atoms with Crippen LogP contribution in [0.4, 0.5) is 5.69 Å². The highest BCUT2D eigenvalue weighted by atomic mass is 32.2. The molecule has 0 aliphatic carbocycles. The predicted molar refractivity (Wildman–Crippen MR) is 131 cm³/mol. The van der Waals surface area contributed by atoms with Gasteiger partial charge in [0.25, 0.3) is 0 Å². The Kier molecular flexibility index (Phi) is 7.80. The fourth-order valence-electron chi connectivity index (χ4n) is 4.55. The average molecular weight is 471 g/mol. The van der Waals surface area contributed by atoms with E-state index in [0.29, 0.717) is 30.9 Å². The number of anilines is 1. The molecule has 2 fully saturated rings. The molecule has 2 aliphatic rings. The van der Waals surface area contributed by atoms with Crippen LogP contribution in [0, 0.1) is 6.92 Å². The van der Waals surface area contributed by atoms with Crippen LogP contribution in [0.1, 0.15) is 30.4 Å². The molecule has 0 unspecified atom stereocenters. The lowest BCUT2D eigenvalue weighted by molar-refractivity contribution is -0.117. The first kappa shape index (κ1) is 23.9. The van der Waals surface area contributed by atoms with Crippen molar-refractivity contribution in [2.24, 2.45) is 0 Å². The van der Waals surface area contributed by atoms with Gasteiger partial charge in [-0.2, -0.15) is 4.31 Å². The third kappa shape index (κ3) is 6.20. The number of benzene rings is 2. The minimum Gasteiger partial charge on any atom is -0.325 e. The zero-order valence-corrected chi connectivity index (χ0v) is 20.2. The van der Waals surface area contributed by atoms with Crippen molar-refractivity contribution in [2.45, 2.75) is 37.6 Å². The van der Waals surface area contributed by atoms with Crippen LogP contribution < -0.4 is 5.32 Å². The second-order valence-electron chi connectivity index (χ2n) is 9.03. The van der Waals surface area contributed by atoms with Gasteiger partial charge in [-0.25, -0.2) is 8.42 Å². The van der Waals surface area contributed by atoms with Crippen molar-refractivity contribution < 1.29 is 13.2 Å². The van der Waals surface area contributed by atoms with Gasteiger partial charge in [-0.3, -0.25) is 14.6 Å². The van der Waals surface area contributed by atoms with Gasteiger partial charge in [-0.05, 0) is 43.0 Å². The van der Waals surface area contributed by atoms with E-state index in [1.54, 1.807) is 29.4 Å². The molecule has 33 heavy (non-hydrogen) atoms. The number of hydrogen-bond acceptors (Lipinski definition) is 5. The molecule has 7 nitrogen and oxygen atoms in total. The summed E-state index contributed by atoms with van der Waals surface area (Å²) in [6.45, 7) is 7.68. The van der Waals surface area contributed by atoms with Gasteiger partial charge in [-0.1, -0.05) is 42.8 Å². The highest BCUT2D eigenvalue weighted by Gasteiger charge is 2.28. The van der Waals surface area contributed by atoms with Gasteiger partial charge in [0.15, 0.2) is 0 Å². The van der Waals surface area contributed by atoms with Gasteiger partial charge in [0.1, 0.15) is 0 Å². The highest BCUT2D eigenvalue weighted by Crippen LogP contribution is 2.26. The van der Waals surface area contributed by atoms with Crippen molar-refractivity contribution in [1.82, 2.24) is 14.1 Å². The normalized spacial score (nSPS) is 18.8. The highest BCUT2D eigenvalue weighted by molar-refractivity contribution is 7.89. The summed E-state index contributed by atoms with van der Waals surface area (Å²) in [5.74, 6) is -0.114. The number of rotatable bonds is 7. The second-order valence-corrected chi connectivity index (χ2v) is 10.9. The van der Waals surface area contributed by atoms with Crippen molar-refractivity contribution in [2.75, 3.05) is 51.1 Å². The Hall–Kier alpha value is -2.26. The molecule has 2 aromatic carbocycles. The van der Waals surface area contributed by atoms with E-state index in [4.69, 9.17) is 0 Å². The summed E-state index contributed by atoms with van der Waals surface area (Å²) in [6, 6.07) is 15.6. The molecule has 0 spiro atoms. The van der Waals surface area contributed by atoms with Crippen molar-refractivity contribution in [3.63, 3.8) is 0 Å². The first-order valence-electron chi connectivity index (χ1n) is 11.8. The molecule has 4 rings (SSSR count). The summed E-state index contributed by atoms with van der Waals surface area (Å²) in [5.41, 5.74) is 2.54. The third-order valence-electron chi connectivity index (χ3n) is 6.49. The Morgan fingerprint density at radius 3 is 2.24 bits per heavy atom. The number of piperazine rings is 1. The lowest BCUT2D eigenvalue weighted by Gasteiger charge is -2.34. The Morgan fingerprint density at radius 1 is 0.879 bits per heavy atom. The van der Waals surface area contributed by atoms with Crippen LogP contribution in [0.15, 0.2) is 53.4 Å². The molecule has 0 saturated carbocycles. The molecule has 2 aromatic rings. The monoisotopic (exact) mass is 470 g/mol. The number of carbonyl (C=O) groups excluding carboxylic acids is 1. The molecular formula is C25H34N4O3S. The Labute approximate surface area is 197 Å². The molecular weight excluding hydrogens is 436 g/mol. The van der Waals surface area contributed by atoms with Crippen LogP contribution in [0.5, 0.6) is 0 Å². The largest absolute Gasteiger partial charge is 0.325 e. The van der Waals surface area contributed by atoms with Crippen molar-refractivity contribution in [3.05, 3.63) is 59.7 Å². The fraction of sp³-hybridized carbons (Fsp3) is 0.480. The van der Waals surface area contributed by atoms with Crippen LogP contribution in [-0.2, 0) is 21.4 Å². The maximum atomic E-state index is 13.1. The Morgan fingerprint density at radius 2 is 1.55 bits per heavy atom. The van der Waals surface area contributed by atoms with Gasteiger partial charge in [-0.15, -0.1) is 0 Å². The van der Waals surface area contributed by atoms with E-state index in [0.717, 1.165) is 52.0 Å². The van der Waals surface area contributed by atoms with E-state index in [2.05, 4.69) is 39.4 Å². The van der Waals surface area contributed by atoms with Crippen LogP contribution in [-0.4, -0.2) is 74.2 Å². The molecule has 1 N–H and O–H groups in total. The van der Waals surface area contributed by atoms with Gasteiger partial charge in [0.2, 0.25) is 15.9 Å². The summed E-state index contributed by atoms with van der Waals surface area (Å²) in [7, 11) is -3.54. The number of hydrogen-bond donors (Lipinski definition) is 1. The molecule has 8 heteroatoms. The first-order valence-corrected chi connectivity index (χ1v) is 13.2. The predicted octanol–water partition coefficient (Wildman–Crippen LogP) is 2.93. The van der Waals surface area contributed by atoms with E-state index in [-0.39, 0.29) is 10.8 Å². The summed E-state index contributed by atoms with van der Waals surface area (Å²) in [6.07, 6.45) is 2.86. The van der Waals surface area contributed by atoms with Crippen LogP contribution in [0.2, 0.25) is 0 Å². The molecule has 0 bridgehead atoms. The molecule has 2 aliphatic heterocycles. The van der Waals surface area contributed by atoms with Crippen molar-refractivity contribution in [1.29, 1.82) is 0 Å². The van der Waals surface area contributed by atoms with E-state index >= 15 is 0 Å². The van der Waals surface area contributed by atoms with E-state index in [9.17, 15) is 13.2 Å². The van der Waals surface area contributed by atoms with E-state index < -0.39 is 10.0 Å². The Bertz CT molecular complexity index is 1040. The summed E-state index contributed by atoms with van der Waals surface area (Å²) in [5, 5.41) is 2.91.